The molecule has 1 fully saturated rings. The number of nitrogens with zero attached hydrogens (tertiary/aromatic N) is 2. The quantitative estimate of drug-likeness (QED) is 0.718. The van der Waals surface area contributed by atoms with Crippen LogP contribution >= 0.6 is 11.3 Å². The maximum Gasteiger partial charge on any atom is 0.247 e. The highest BCUT2D eigenvalue weighted by molar-refractivity contribution is 7.07. The minimum atomic E-state index is -0.361. The summed E-state index contributed by atoms with van der Waals surface area (Å²) in [4.78, 5) is 15.5. The molecule has 4 rings (SSSR count). The molecule has 3 aromatic rings. The first kappa shape index (κ1) is 17.0. The van der Waals surface area contributed by atoms with Crippen molar-refractivity contribution in [3.63, 3.8) is 0 Å². The molecule has 0 radical (unpaired) electrons. The topological polar surface area (TPSA) is 58.4 Å². The normalized spacial score (nSPS) is 18.7. The molecule has 1 amide bonds. The van der Waals surface area contributed by atoms with E-state index in [0.717, 1.165) is 24.9 Å². The lowest BCUT2D eigenvalue weighted by Gasteiger charge is -2.32. The molecule has 1 saturated heterocycles. The Kier molecular flexibility index (Phi) is 4.86. The van der Waals surface area contributed by atoms with Crippen LogP contribution in [0, 0.1) is 6.92 Å². The zero-order chi connectivity index (χ0) is 17.9. The van der Waals surface area contributed by atoms with E-state index in [2.05, 4.69) is 32.2 Å². The van der Waals surface area contributed by atoms with E-state index >= 15 is 0 Å². The van der Waals surface area contributed by atoms with Gasteiger partial charge in [-0.25, -0.2) is 0 Å². The van der Waals surface area contributed by atoms with Gasteiger partial charge in [-0.2, -0.15) is 11.3 Å². The number of likely N-dealkylation sites (tertiary alicyclic amines) is 1. The van der Waals surface area contributed by atoms with Crippen molar-refractivity contribution in [3.8, 4) is 0 Å². The lowest BCUT2D eigenvalue weighted by atomic mass is 10.0. The third-order valence-electron chi connectivity index (χ3n) is 4.80. The molecular formula is C20H21N3O2S. The van der Waals surface area contributed by atoms with Crippen molar-refractivity contribution < 1.29 is 9.32 Å². The number of hydrogen-bond donors (Lipinski definition) is 1. The smallest absolute Gasteiger partial charge is 0.247 e. The summed E-state index contributed by atoms with van der Waals surface area (Å²) < 4.78 is 5.08. The fourth-order valence-electron chi connectivity index (χ4n) is 3.67. The predicted molar refractivity (Wildman–Crippen MR) is 102 cm³/mol. The average Bonchev–Trinajstić information content (AvgIpc) is 3.38. The van der Waals surface area contributed by atoms with E-state index in [1.54, 1.807) is 17.4 Å². The largest absolute Gasteiger partial charge is 0.360 e. The molecule has 0 bridgehead atoms. The summed E-state index contributed by atoms with van der Waals surface area (Å²) in [5.74, 6) is 1.06. The summed E-state index contributed by atoms with van der Waals surface area (Å²) in [6.07, 6.45) is 2.15. The van der Waals surface area contributed by atoms with Crippen molar-refractivity contribution in [1.29, 1.82) is 0 Å². The average molecular weight is 367 g/mol. The van der Waals surface area contributed by atoms with Crippen molar-refractivity contribution in [1.82, 2.24) is 10.1 Å². The molecule has 2 atom stereocenters. The Morgan fingerprint density at radius 2 is 2.19 bits per heavy atom. The van der Waals surface area contributed by atoms with Gasteiger partial charge < -0.3 is 9.84 Å². The minimum absolute atomic E-state index is 0.0772. The maximum atomic E-state index is 13.2. The zero-order valence-electron chi connectivity index (χ0n) is 14.6. The second-order valence-electron chi connectivity index (χ2n) is 6.58. The Balaban J connectivity index is 1.65. The van der Waals surface area contributed by atoms with Crippen LogP contribution in [0.15, 0.2) is 57.7 Å². The van der Waals surface area contributed by atoms with E-state index in [9.17, 15) is 4.79 Å². The Bertz CT molecular complexity index is 860. The van der Waals surface area contributed by atoms with Crippen molar-refractivity contribution in [2.24, 2.45) is 0 Å². The lowest BCUT2D eigenvalue weighted by molar-refractivity contribution is -0.122. The van der Waals surface area contributed by atoms with Crippen molar-refractivity contribution in [2.45, 2.75) is 31.8 Å². The number of aryl methyl sites for hydroxylation is 1. The summed E-state index contributed by atoms with van der Waals surface area (Å²) in [5.41, 5.74) is 2.28. The summed E-state index contributed by atoms with van der Waals surface area (Å²) in [6.45, 7) is 2.70. The van der Waals surface area contributed by atoms with E-state index in [4.69, 9.17) is 4.52 Å². The van der Waals surface area contributed by atoms with Gasteiger partial charge in [-0.3, -0.25) is 9.69 Å². The van der Waals surface area contributed by atoms with Gasteiger partial charge in [0.25, 0.3) is 0 Å². The third kappa shape index (κ3) is 3.43. The molecule has 2 aromatic heterocycles. The summed E-state index contributed by atoms with van der Waals surface area (Å²) >= 11 is 1.70. The van der Waals surface area contributed by atoms with Gasteiger partial charge in [0.15, 0.2) is 5.82 Å². The number of rotatable bonds is 5. The number of anilines is 1. The molecule has 0 spiro atoms. The molecule has 3 heterocycles. The van der Waals surface area contributed by atoms with Crippen LogP contribution < -0.4 is 5.32 Å². The van der Waals surface area contributed by atoms with Crippen LogP contribution in [0.1, 0.15) is 41.8 Å². The predicted octanol–water partition coefficient (Wildman–Crippen LogP) is 4.56. The minimum Gasteiger partial charge on any atom is -0.360 e. The highest BCUT2D eigenvalue weighted by Crippen LogP contribution is 2.39. The van der Waals surface area contributed by atoms with Crippen molar-refractivity contribution in [2.75, 3.05) is 11.9 Å². The molecule has 26 heavy (non-hydrogen) atoms. The molecule has 6 heteroatoms. The Hall–Kier alpha value is -2.44. The Morgan fingerprint density at radius 3 is 2.88 bits per heavy atom. The number of carbonyl (C=O) groups is 1. The van der Waals surface area contributed by atoms with Gasteiger partial charge in [0.2, 0.25) is 5.91 Å². The highest BCUT2D eigenvalue weighted by Gasteiger charge is 2.37. The maximum absolute atomic E-state index is 13.2. The fraction of sp³-hybridized carbons (Fsp3) is 0.300. The van der Waals surface area contributed by atoms with Gasteiger partial charge in [0.1, 0.15) is 11.8 Å². The third-order valence-corrected chi connectivity index (χ3v) is 5.50. The molecule has 1 N–H and O–H groups in total. The molecule has 1 aromatic carbocycles. The lowest BCUT2D eigenvalue weighted by Crippen LogP contribution is -2.37. The zero-order valence-corrected chi connectivity index (χ0v) is 15.4. The molecule has 0 aliphatic carbocycles. The van der Waals surface area contributed by atoms with Crippen LogP contribution in [0.5, 0.6) is 0 Å². The first-order valence-corrected chi connectivity index (χ1v) is 9.73. The van der Waals surface area contributed by atoms with Gasteiger partial charge in [0, 0.05) is 12.1 Å². The SMILES string of the molecule is Cc1cc(NC(=O)C(c2ccccc2)N2CCCC2c2ccsc2)no1. The molecule has 5 nitrogen and oxygen atoms in total. The molecule has 0 saturated carbocycles. The Labute approximate surface area is 156 Å². The summed E-state index contributed by atoms with van der Waals surface area (Å²) in [7, 11) is 0. The molecule has 134 valence electrons. The van der Waals surface area contributed by atoms with Gasteiger partial charge in [-0.1, -0.05) is 35.5 Å². The molecule has 1 aliphatic rings. The monoisotopic (exact) mass is 367 g/mol. The number of nitrogens with one attached hydrogen (secondary N) is 1. The first-order valence-electron chi connectivity index (χ1n) is 8.79. The van der Waals surface area contributed by atoms with Crippen LogP contribution in [-0.4, -0.2) is 22.5 Å². The second-order valence-corrected chi connectivity index (χ2v) is 7.36. The first-order chi connectivity index (χ1) is 12.7. The molecular weight excluding hydrogens is 346 g/mol. The number of aromatic nitrogens is 1. The van der Waals surface area contributed by atoms with E-state index in [1.807, 2.05) is 37.3 Å². The van der Waals surface area contributed by atoms with Crippen LogP contribution in [0.3, 0.4) is 0 Å². The second kappa shape index (κ2) is 7.43. The van der Waals surface area contributed by atoms with Crippen LogP contribution in [0.25, 0.3) is 0 Å². The van der Waals surface area contributed by atoms with Crippen LogP contribution in [-0.2, 0) is 4.79 Å². The number of hydrogen-bond acceptors (Lipinski definition) is 5. The van der Waals surface area contributed by atoms with Gasteiger partial charge in [-0.05, 0) is 54.3 Å². The molecule has 2 unspecified atom stereocenters. The fourth-order valence-corrected chi connectivity index (χ4v) is 4.38. The summed E-state index contributed by atoms with van der Waals surface area (Å²) in [5, 5.41) is 11.1. The van der Waals surface area contributed by atoms with Gasteiger partial charge >= 0.3 is 0 Å². The number of amides is 1. The van der Waals surface area contributed by atoms with Crippen LogP contribution in [0.2, 0.25) is 0 Å². The van der Waals surface area contributed by atoms with E-state index < -0.39 is 0 Å². The van der Waals surface area contributed by atoms with E-state index in [1.165, 1.54) is 5.56 Å². The van der Waals surface area contributed by atoms with Gasteiger partial charge in [-0.15, -0.1) is 0 Å². The van der Waals surface area contributed by atoms with Crippen LogP contribution in [0.4, 0.5) is 5.82 Å². The van der Waals surface area contributed by atoms with Crippen molar-refractivity contribution in [3.05, 3.63) is 70.1 Å². The van der Waals surface area contributed by atoms with E-state index in [0.29, 0.717) is 11.6 Å². The van der Waals surface area contributed by atoms with E-state index in [-0.39, 0.29) is 18.0 Å². The number of benzene rings is 1. The number of carbonyl (C=O) groups excluding carboxylic acids is 1. The summed E-state index contributed by atoms with van der Waals surface area (Å²) in [6, 6.07) is 13.8. The van der Waals surface area contributed by atoms with Crippen molar-refractivity contribution >= 4 is 23.1 Å². The highest BCUT2D eigenvalue weighted by atomic mass is 32.1. The molecule has 1 aliphatic heterocycles. The standard InChI is InChI=1S/C20H21N3O2S/c1-14-12-18(22-25-14)21-20(24)19(15-6-3-2-4-7-15)23-10-5-8-17(23)16-9-11-26-13-16/h2-4,6-7,9,11-13,17,19H,5,8,10H2,1H3,(H,21,22,24). The Morgan fingerprint density at radius 1 is 1.35 bits per heavy atom. The number of thiophene rings is 1. The van der Waals surface area contributed by atoms with Gasteiger partial charge in [0.05, 0.1) is 0 Å².